The van der Waals surface area contributed by atoms with Gasteiger partial charge in [0.2, 0.25) is 5.91 Å². The van der Waals surface area contributed by atoms with Gasteiger partial charge in [0.05, 0.1) is 13.2 Å². The number of anilines is 1. The standard InChI is InChI=1S/C17H25N3O3/c1-11(2)9-19-16(21)13-4-5-14(12(3)8-13)20-17(22)15-10-23-7-6-18-15/h4-5,8,11,15,18H,6-7,9-10H2,1-3H3,(H,19,21)(H,20,22). The Labute approximate surface area is 137 Å². The van der Waals surface area contributed by atoms with E-state index in [1.807, 2.05) is 20.8 Å². The van der Waals surface area contributed by atoms with E-state index in [1.54, 1.807) is 18.2 Å². The van der Waals surface area contributed by atoms with Crippen LogP contribution in [0.5, 0.6) is 0 Å². The van der Waals surface area contributed by atoms with Crippen LogP contribution in [0.25, 0.3) is 0 Å². The first kappa shape index (κ1) is 17.4. The minimum absolute atomic E-state index is 0.0953. The molecule has 0 radical (unpaired) electrons. The maximum atomic E-state index is 12.2. The number of carbonyl (C=O) groups excluding carboxylic acids is 2. The molecule has 1 aromatic carbocycles. The molecule has 126 valence electrons. The number of carbonyl (C=O) groups is 2. The predicted octanol–water partition coefficient (Wildman–Crippen LogP) is 1.31. The van der Waals surface area contributed by atoms with E-state index in [-0.39, 0.29) is 17.9 Å². The van der Waals surface area contributed by atoms with Crippen molar-refractivity contribution in [1.82, 2.24) is 10.6 Å². The van der Waals surface area contributed by atoms with E-state index in [4.69, 9.17) is 4.74 Å². The molecule has 1 aliphatic rings. The number of nitrogens with one attached hydrogen (secondary N) is 3. The van der Waals surface area contributed by atoms with Gasteiger partial charge in [-0.05, 0) is 36.6 Å². The zero-order valence-electron chi connectivity index (χ0n) is 13.9. The lowest BCUT2D eigenvalue weighted by Gasteiger charge is -2.23. The number of hydrogen-bond donors (Lipinski definition) is 3. The topological polar surface area (TPSA) is 79.5 Å². The maximum Gasteiger partial charge on any atom is 0.251 e. The third-order valence-electron chi connectivity index (χ3n) is 3.66. The van der Waals surface area contributed by atoms with Gasteiger partial charge in [-0.15, -0.1) is 0 Å². The van der Waals surface area contributed by atoms with Crippen molar-refractivity contribution < 1.29 is 14.3 Å². The largest absolute Gasteiger partial charge is 0.378 e. The first-order valence-electron chi connectivity index (χ1n) is 7.98. The van der Waals surface area contributed by atoms with Crippen LogP contribution in [0, 0.1) is 12.8 Å². The highest BCUT2D eigenvalue weighted by Crippen LogP contribution is 2.17. The van der Waals surface area contributed by atoms with Crippen molar-refractivity contribution in [3.8, 4) is 0 Å². The van der Waals surface area contributed by atoms with Crippen LogP contribution in [-0.4, -0.2) is 44.2 Å². The fourth-order valence-corrected chi connectivity index (χ4v) is 2.30. The van der Waals surface area contributed by atoms with Crippen LogP contribution >= 0.6 is 0 Å². The van der Waals surface area contributed by atoms with Gasteiger partial charge in [-0.3, -0.25) is 9.59 Å². The van der Waals surface area contributed by atoms with Gasteiger partial charge in [0.25, 0.3) is 5.91 Å². The Morgan fingerprint density at radius 1 is 1.39 bits per heavy atom. The van der Waals surface area contributed by atoms with E-state index in [0.29, 0.717) is 43.5 Å². The zero-order chi connectivity index (χ0) is 16.8. The Morgan fingerprint density at radius 3 is 2.78 bits per heavy atom. The number of benzene rings is 1. The molecule has 1 fully saturated rings. The van der Waals surface area contributed by atoms with Crippen molar-refractivity contribution in [3.05, 3.63) is 29.3 Å². The summed E-state index contributed by atoms with van der Waals surface area (Å²) in [5, 5.41) is 8.88. The average Bonchev–Trinajstić information content (AvgIpc) is 2.55. The molecule has 1 atom stereocenters. The molecule has 0 bridgehead atoms. The summed E-state index contributed by atoms with van der Waals surface area (Å²) in [5.74, 6) is 0.190. The second-order valence-corrected chi connectivity index (χ2v) is 6.20. The van der Waals surface area contributed by atoms with Crippen molar-refractivity contribution in [2.24, 2.45) is 5.92 Å². The van der Waals surface area contributed by atoms with Gasteiger partial charge in [0, 0.05) is 24.3 Å². The summed E-state index contributed by atoms with van der Waals surface area (Å²) < 4.78 is 5.29. The molecule has 2 amide bonds. The Morgan fingerprint density at radius 2 is 2.17 bits per heavy atom. The molecular formula is C17H25N3O3. The molecule has 1 saturated heterocycles. The van der Waals surface area contributed by atoms with Crippen molar-refractivity contribution in [2.75, 3.05) is 31.6 Å². The molecule has 1 aliphatic heterocycles. The fraction of sp³-hybridized carbons (Fsp3) is 0.529. The number of morpholine rings is 1. The summed E-state index contributed by atoms with van der Waals surface area (Å²) in [6.45, 7) is 8.29. The summed E-state index contributed by atoms with van der Waals surface area (Å²) >= 11 is 0. The van der Waals surface area contributed by atoms with Crippen molar-refractivity contribution in [2.45, 2.75) is 26.8 Å². The first-order chi connectivity index (χ1) is 11.0. The summed E-state index contributed by atoms with van der Waals surface area (Å²) in [6.07, 6.45) is 0. The number of hydrogen-bond acceptors (Lipinski definition) is 4. The predicted molar refractivity (Wildman–Crippen MR) is 89.6 cm³/mol. The second kappa shape index (κ2) is 8.08. The maximum absolute atomic E-state index is 12.2. The smallest absolute Gasteiger partial charge is 0.251 e. The third-order valence-corrected chi connectivity index (χ3v) is 3.66. The highest BCUT2D eigenvalue weighted by molar-refractivity contribution is 5.98. The van der Waals surface area contributed by atoms with E-state index in [1.165, 1.54) is 0 Å². The van der Waals surface area contributed by atoms with E-state index < -0.39 is 0 Å². The first-order valence-corrected chi connectivity index (χ1v) is 7.98. The lowest BCUT2D eigenvalue weighted by atomic mass is 10.1. The Hall–Kier alpha value is -1.92. The molecule has 0 aliphatic carbocycles. The third kappa shape index (κ3) is 5.04. The minimum Gasteiger partial charge on any atom is -0.378 e. The number of rotatable bonds is 5. The van der Waals surface area contributed by atoms with Crippen LogP contribution in [0.2, 0.25) is 0 Å². The fourth-order valence-electron chi connectivity index (χ4n) is 2.30. The monoisotopic (exact) mass is 319 g/mol. The summed E-state index contributed by atoms with van der Waals surface area (Å²) in [7, 11) is 0. The molecule has 3 N–H and O–H groups in total. The van der Waals surface area contributed by atoms with Crippen LogP contribution in [-0.2, 0) is 9.53 Å². The molecule has 0 saturated carbocycles. The lowest BCUT2D eigenvalue weighted by Crippen LogP contribution is -2.48. The van der Waals surface area contributed by atoms with E-state index >= 15 is 0 Å². The average molecular weight is 319 g/mol. The SMILES string of the molecule is Cc1cc(C(=O)NCC(C)C)ccc1NC(=O)C1COCCN1. The molecule has 1 unspecified atom stereocenters. The Balaban J connectivity index is 1.98. The molecular weight excluding hydrogens is 294 g/mol. The molecule has 1 aromatic rings. The summed E-state index contributed by atoms with van der Waals surface area (Å²) in [6, 6.07) is 4.94. The van der Waals surface area contributed by atoms with Gasteiger partial charge in [-0.2, -0.15) is 0 Å². The van der Waals surface area contributed by atoms with Crippen LogP contribution in [0.1, 0.15) is 29.8 Å². The van der Waals surface area contributed by atoms with Crippen LogP contribution in [0.4, 0.5) is 5.69 Å². The Bertz CT molecular complexity index is 566. The second-order valence-electron chi connectivity index (χ2n) is 6.20. The molecule has 1 heterocycles. The van der Waals surface area contributed by atoms with Crippen LogP contribution in [0.3, 0.4) is 0 Å². The Kier molecular flexibility index (Phi) is 6.12. The number of amides is 2. The summed E-state index contributed by atoms with van der Waals surface area (Å²) in [4.78, 5) is 24.2. The molecule has 23 heavy (non-hydrogen) atoms. The lowest BCUT2D eigenvalue weighted by molar-refractivity contribution is -0.120. The van der Waals surface area contributed by atoms with E-state index in [2.05, 4.69) is 16.0 Å². The summed E-state index contributed by atoms with van der Waals surface area (Å²) in [5.41, 5.74) is 2.16. The van der Waals surface area contributed by atoms with Gasteiger partial charge < -0.3 is 20.7 Å². The van der Waals surface area contributed by atoms with Gasteiger partial charge in [0.1, 0.15) is 6.04 Å². The normalized spacial score (nSPS) is 17.8. The van der Waals surface area contributed by atoms with Crippen molar-refractivity contribution in [1.29, 1.82) is 0 Å². The van der Waals surface area contributed by atoms with Crippen molar-refractivity contribution in [3.63, 3.8) is 0 Å². The van der Waals surface area contributed by atoms with Crippen LogP contribution < -0.4 is 16.0 Å². The van der Waals surface area contributed by atoms with Gasteiger partial charge in [-0.1, -0.05) is 13.8 Å². The minimum atomic E-state index is -0.336. The van der Waals surface area contributed by atoms with Gasteiger partial charge in [-0.25, -0.2) is 0 Å². The molecule has 0 spiro atoms. The highest BCUT2D eigenvalue weighted by Gasteiger charge is 2.21. The zero-order valence-corrected chi connectivity index (χ0v) is 13.9. The van der Waals surface area contributed by atoms with Gasteiger partial charge >= 0.3 is 0 Å². The molecule has 2 rings (SSSR count). The van der Waals surface area contributed by atoms with Crippen molar-refractivity contribution >= 4 is 17.5 Å². The quantitative estimate of drug-likeness (QED) is 0.764. The molecule has 6 nitrogen and oxygen atoms in total. The van der Waals surface area contributed by atoms with E-state index in [0.717, 1.165) is 5.56 Å². The van der Waals surface area contributed by atoms with Crippen LogP contribution in [0.15, 0.2) is 18.2 Å². The molecule has 6 heteroatoms. The highest BCUT2D eigenvalue weighted by atomic mass is 16.5. The number of ether oxygens (including phenoxy) is 1. The van der Waals surface area contributed by atoms with Gasteiger partial charge in [0.15, 0.2) is 0 Å². The number of aryl methyl sites for hydroxylation is 1. The van der Waals surface area contributed by atoms with E-state index in [9.17, 15) is 9.59 Å². The molecule has 0 aromatic heterocycles.